The zero-order valence-electron chi connectivity index (χ0n) is 7.16. The monoisotopic (exact) mass is 160 g/mol. The highest BCUT2D eigenvalue weighted by Crippen LogP contribution is 2.30. The zero-order chi connectivity index (χ0) is 8.39. The number of allylic oxidation sites excluding steroid dienone is 6. The molecule has 0 bridgehead atoms. The summed E-state index contributed by atoms with van der Waals surface area (Å²) in [5.41, 5.74) is 1.31. The van der Waals surface area contributed by atoms with Crippen LogP contribution in [0.3, 0.4) is 0 Å². The molecule has 12 heavy (non-hydrogen) atoms. The summed E-state index contributed by atoms with van der Waals surface area (Å²) in [4.78, 5) is 0. The van der Waals surface area contributed by atoms with E-state index in [2.05, 4.69) is 25.2 Å². The zero-order valence-corrected chi connectivity index (χ0v) is 7.16. The van der Waals surface area contributed by atoms with E-state index in [4.69, 9.17) is 4.74 Å². The van der Waals surface area contributed by atoms with Crippen molar-refractivity contribution < 1.29 is 4.74 Å². The number of fused-ring (bicyclic) bond motifs is 1. The molecule has 0 aromatic heterocycles. The maximum absolute atomic E-state index is 5.37. The van der Waals surface area contributed by atoms with Gasteiger partial charge in [-0.25, -0.2) is 0 Å². The summed E-state index contributed by atoms with van der Waals surface area (Å²) < 4.78 is 5.37. The molecule has 1 aliphatic heterocycles. The minimum absolute atomic E-state index is 0.537. The topological polar surface area (TPSA) is 9.23 Å². The minimum Gasteiger partial charge on any atom is -0.465 e. The van der Waals surface area contributed by atoms with Crippen LogP contribution in [0.2, 0.25) is 0 Å². The van der Waals surface area contributed by atoms with Crippen LogP contribution in [-0.4, -0.2) is 0 Å². The van der Waals surface area contributed by atoms with Crippen LogP contribution < -0.4 is 0 Å². The molecule has 0 N–H and O–H groups in total. The van der Waals surface area contributed by atoms with Crippen LogP contribution in [0, 0.1) is 5.92 Å². The molecule has 0 aromatic carbocycles. The van der Waals surface area contributed by atoms with Gasteiger partial charge in [0.1, 0.15) is 5.76 Å². The summed E-state index contributed by atoms with van der Waals surface area (Å²) in [5.74, 6) is 1.54. The smallest absolute Gasteiger partial charge is 0.130 e. The predicted octanol–water partition coefficient (Wildman–Crippen LogP) is 2.94. The van der Waals surface area contributed by atoms with Gasteiger partial charge in [0.05, 0.1) is 6.26 Å². The van der Waals surface area contributed by atoms with Gasteiger partial charge in [0.15, 0.2) is 0 Å². The molecule has 0 spiro atoms. The lowest BCUT2D eigenvalue weighted by molar-refractivity contribution is 0.345. The van der Waals surface area contributed by atoms with Crippen molar-refractivity contribution >= 4 is 0 Å². The van der Waals surface area contributed by atoms with Gasteiger partial charge in [-0.05, 0) is 18.6 Å². The Kier molecular flexibility index (Phi) is 1.86. The molecule has 2 aliphatic rings. The summed E-state index contributed by atoms with van der Waals surface area (Å²) in [7, 11) is 0. The van der Waals surface area contributed by atoms with Crippen LogP contribution in [0.1, 0.15) is 13.3 Å². The second-order valence-corrected chi connectivity index (χ2v) is 3.00. The van der Waals surface area contributed by atoms with Crippen molar-refractivity contribution in [2.24, 2.45) is 5.92 Å². The number of rotatable bonds is 1. The maximum Gasteiger partial charge on any atom is 0.130 e. The molecular weight excluding hydrogens is 148 g/mol. The van der Waals surface area contributed by atoms with Gasteiger partial charge in [-0.15, -0.1) is 0 Å². The highest BCUT2D eigenvalue weighted by atomic mass is 16.5. The Morgan fingerprint density at radius 1 is 1.33 bits per heavy atom. The van der Waals surface area contributed by atoms with Crippen LogP contribution in [0.25, 0.3) is 0 Å². The normalized spacial score (nSPS) is 25.6. The first-order valence-corrected chi connectivity index (χ1v) is 4.34. The average molecular weight is 160 g/mol. The Morgan fingerprint density at radius 3 is 3.08 bits per heavy atom. The molecule has 1 aliphatic carbocycles. The van der Waals surface area contributed by atoms with Crippen molar-refractivity contribution in [3.63, 3.8) is 0 Å². The third kappa shape index (κ3) is 1.11. The van der Waals surface area contributed by atoms with Crippen molar-refractivity contribution in [1.82, 2.24) is 0 Å². The summed E-state index contributed by atoms with van der Waals surface area (Å²) in [6.45, 7) is 2.19. The average Bonchev–Trinajstić information content (AvgIpc) is 2.17. The molecule has 1 nitrogen and oxygen atoms in total. The van der Waals surface area contributed by atoms with Gasteiger partial charge < -0.3 is 4.74 Å². The Morgan fingerprint density at radius 2 is 2.25 bits per heavy atom. The SMILES string of the molecule is CCC1C=CC=C2OC=CC=C21. The van der Waals surface area contributed by atoms with Crippen molar-refractivity contribution in [1.29, 1.82) is 0 Å². The fourth-order valence-electron chi connectivity index (χ4n) is 1.58. The molecule has 0 saturated heterocycles. The number of hydrogen-bond donors (Lipinski definition) is 0. The summed E-state index contributed by atoms with van der Waals surface area (Å²) in [6, 6.07) is 0. The molecule has 1 atom stereocenters. The summed E-state index contributed by atoms with van der Waals surface area (Å²) >= 11 is 0. The molecule has 1 heteroatoms. The lowest BCUT2D eigenvalue weighted by atomic mass is 9.90. The van der Waals surface area contributed by atoms with Gasteiger partial charge in [0.2, 0.25) is 0 Å². The van der Waals surface area contributed by atoms with Gasteiger partial charge in [-0.1, -0.05) is 25.2 Å². The highest BCUT2D eigenvalue weighted by molar-refractivity contribution is 5.42. The molecule has 2 rings (SSSR count). The van der Waals surface area contributed by atoms with Crippen LogP contribution in [0.4, 0.5) is 0 Å². The second kappa shape index (κ2) is 3.02. The second-order valence-electron chi connectivity index (χ2n) is 3.00. The maximum atomic E-state index is 5.37. The molecule has 1 heterocycles. The third-order valence-electron chi connectivity index (χ3n) is 2.26. The molecule has 1 unspecified atom stereocenters. The Bertz CT molecular complexity index is 292. The largest absolute Gasteiger partial charge is 0.465 e. The van der Waals surface area contributed by atoms with E-state index in [-0.39, 0.29) is 0 Å². The Balaban J connectivity index is 2.34. The van der Waals surface area contributed by atoms with E-state index in [0.717, 1.165) is 12.2 Å². The Labute approximate surface area is 72.7 Å². The standard InChI is InChI=1S/C11H12O/c1-2-9-5-3-7-11-10(9)6-4-8-12-11/h3-9H,2H2,1H3. The lowest BCUT2D eigenvalue weighted by Gasteiger charge is -2.22. The minimum atomic E-state index is 0.537. The van der Waals surface area contributed by atoms with Gasteiger partial charge in [-0.3, -0.25) is 0 Å². The first-order chi connectivity index (χ1) is 5.92. The van der Waals surface area contributed by atoms with Gasteiger partial charge in [-0.2, -0.15) is 0 Å². The summed E-state index contributed by atoms with van der Waals surface area (Å²) in [6.07, 6.45) is 13.2. The van der Waals surface area contributed by atoms with Crippen LogP contribution >= 0.6 is 0 Å². The van der Waals surface area contributed by atoms with Gasteiger partial charge in [0.25, 0.3) is 0 Å². The van der Waals surface area contributed by atoms with E-state index < -0.39 is 0 Å². The van der Waals surface area contributed by atoms with Crippen LogP contribution in [-0.2, 0) is 4.74 Å². The molecule has 0 fully saturated rings. The fourth-order valence-corrected chi connectivity index (χ4v) is 1.58. The Hall–Kier alpha value is -1.24. The first-order valence-electron chi connectivity index (χ1n) is 4.34. The quantitative estimate of drug-likeness (QED) is 0.573. The number of ether oxygens (including phenoxy) is 1. The van der Waals surface area contributed by atoms with E-state index in [1.807, 2.05) is 12.2 Å². The molecule has 0 amide bonds. The van der Waals surface area contributed by atoms with Crippen molar-refractivity contribution in [2.75, 3.05) is 0 Å². The van der Waals surface area contributed by atoms with E-state index in [1.165, 1.54) is 5.57 Å². The van der Waals surface area contributed by atoms with Gasteiger partial charge in [0, 0.05) is 11.5 Å². The molecular formula is C11H12O. The molecule has 62 valence electrons. The number of hydrogen-bond acceptors (Lipinski definition) is 1. The van der Waals surface area contributed by atoms with Crippen LogP contribution in [0.15, 0.2) is 48.0 Å². The molecule has 0 radical (unpaired) electrons. The lowest BCUT2D eigenvalue weighted by Crippen LogP contribution is -2.08. The van der Waals surface area contributed by atoms with Crippen molar-refractivity contribution in [3.05, 3.63) is 48.0 Å². The van der Waals surface area contributed by atoms with Gasteiger partial charge >= 0.3 is 0 Å². The molecule has 0 saturated carbocycles. The van der Waals surface area contributed by atoms with Crippen LogP contribution in [0.5, 0.6) is 0 Å². The van der Waals surface area contributed by atoms with E-state index >= 15 is 0 Å². The fraction of sp³-hybridized carbons (Fsp3) is 0.273. The van der Waals surface area contributed by atoms with E-state index in [0.29, 0.717) is 5.92 Å². The highest BCUT2D eigenvalue weighted by Gasteiger charge is 2.18. The predicted molar refractivity (Wildman–Crippen MR) is 49.3 cm³/mol. The van der Waals surface area contributed by atoms with Crippen molar-refractivity contribution in [2.45, 2.75) is 13.3 Å². The van der Waals surface area contributed by atoms with E-state index in [1.54, 1.807) is 6.26 Å². The third-order valence-corrected chi connectivity index (χ3v) is 2.26. The molecule has 0 aromatic rings. The first kappa shape index (κ1) is 7.41. The van der Waals surface area contributed by atoms with E-state index in [9.17, 15) is 0 Å². The van der Waals surface area contributed by atoms with Crippen molar-refractivity contribution in [3.8, 4) is 0 Å². The summed E-state index contributed by atoms with van der Waals surface area (Å²) in [5, 5.41) is 0.